The van der Waals surface area contributed by atoms with Crippen molar-refractivity contribution >= 4 is 34.6 Å². The standard InChI is InChI=1S/C8H4Cl2N4/c9-5-6(10)8(14)4(2-12)3(1-11)7(5)13/h13-14H2. The molecule has 0 unspecified atom stereocenters. The molecule has 0 saturated carbocycles. The van der Waals surface area contributed by atoms with Gasteiger partial charge in [0, 0.05) is 0 Å². The fraction of sp³-hybridized carbons (Fsp3) is 0. The van der Waals surface area contributed by atoms with E-state index in [1.165, 1.54) is 0 Å². The molecule has 0 aromatic heterocycles. The van der Waals surface area contributed by atoms with Crippen molar-refractivity contribution in [3.8, 4) is 12.1 Å². The summed E-state index contributed by atoms with van der Waals surface area (Å²) in [4.78, 5) is 0. The molecule has 0 aliphatic heterocycles. The number of nitrogens with zero attached hydrogens (tertiary/aromatic N) is 2. The molecular formula is C8H4Cl2N4. The zero-order valence-corrected chi connectivity index (χ0v) is 8.32. The van der Waals surface area contributed by atoms with Crippen LogP contribution in [0.2, 0.25) is 10.0 Å². The fourth-order valence-corrected chi connectivity index (χ4v) is 1.35. The van der Waals surface area contributed by atoms with E-state index in [0.29, 0.717) is 0 Å². The topological polar surface area (TPSA) is 99.6 Å². The molecule has 14 heavy (non-hydrogen) atoms. The normalized spacial score (nSPS) is 9.14. The predicted octanol–water partition coefficient (Wildman–Crippen LogP) is 1.90. The molecule has 70 valence electrons. The second-order valence-corrected chi connectivity index (χ2v) is 3.18. The molecule has 6 heteroatoms. The summed E-state index contributed by atoms with van der Waals surface area (Å²) in [6.07, 6.45) is 0. The van der Waals surface area contributed by atoms with Crippen LogP contribution in [0.5, 0.6) is 0 Å². The van der Waals surface area contributed by atoms with Gasteiger partial charge in [-0.05, 0) is 0 Å². The maximum absolute atomic E-state index is 8.73. The van der Waals surface area contributed by atoms with Crippen molar-refractivity contribution in [2.75, 3.05) is 11.5 Å². The first-order chi connectivity index (χ1) is 6.54. The number of benzene rings is 1. The van der Waals surface area contributed by atoms with E-state index in [1.54, 1.807) is 12.1 Å². The first-order valence-corrected chi connectivity index (χ1v) is 4.16. The van der Waals surface area contributed by atoms with Crippen LogP contribution in [-0.4, -0.2) is 0 Å². The summed E-state index contributed by atoms with van der Waals surface area (Å²) >= 11 is 11.4. The number of nitriles is 2. The second kappa shape index (κ2) is 3.63. The lowest BCUT2D eigenvalue weighted by Gasteiger charge is -2.08. The number of rotatable bonds is 0. The summed E-state index contributed by atoms with van der Waals surface area (Å²) in [7, 11) is 0. The molecule has 1 aromatic carbocycles. The van der Waals surface area contributed by atoms with Gasteiger partial charge in [0.25, 0.3) is 0 Å². The number of halogens is 2. The Hall–Kier alpha value is -1.62. The minimum atomic E-state index is -0.0422. The van der Waals surface area contributed by atoms with Crippen LogP contribution in [0.4, 0.5) is 11.4 Å². The van der Waals surface area contributed by atoms with Crippen molar-refractivity contribution in [3.63, 3.8) is 0 Å². The Morgan fingerprint density at radius 3 is 1.36 bits per heavy atom. The largest absolute Gasteiger partial charge is 0.396 e. The number of nitrogen functional groups attached to an aromatic ring is 2. The molecule has 1 aromatic rings. The smallest absolute Gasteiger partial charge is 0.103 e. The highest BCUT2D eigenvalue weighted by atomic mass is 35.5. The molecule has 0 atom stereocenters. The Kier molecular flexibility index (Phi) is 2.71. The fourth-order valence-electron chi connectivity index (χ4n) is 0.958. The van der Waals surface area contributed by atoms with Crippen LogP contribution in [0.3, 0.4) is 0 Å². The third kappa shape index (κ3) is 1.31. The molecule has 0 bridgehead atoms. The zero-order valence-electron chi connectivity index (χ0n) is 6.81. The van der Waals surface area contributed by atoms with E-state index < -0.39 is 0 Å². The van der Waals surface area contributed by atoms with Crippen molar-refractivity contribution in [1.82, 2.24) is 0 Å². The Labute approximate surface area is 90.2 Å². The van der Waals surface area contributed by atoms with E-state index in [2.05, 4.69) is 0 Å². The predicted molar refractivity (Wildman–Crippen MR) is 54.7 cm³/mol. The number of nitrogens with two attached hydrogens (primary N) is 2. The summed E-state index contributed by atoms with van der Waals surface area (Å²) in [5.41, 5.74) is 10.9. The lowest BCUT2D eigenvalue weighted by Crippen LogP contribution is -2.01. The van der Waals surface area contributed by atoms with E-state index in [1.807, 2.05) is 0 Å². The summed E-state index contributed by atoms with van der Waals surface area (Å²) in [5.74, 6) is 0. The van der Waals surface area contributed by atoms with Crippen LogP contribution in [0.25, 0.3) is 0 Å². The Morgan fingerprint density at radius 2 is 1.14 bits per heavy atom. The van der Waals surface area contributed by atoms with Gasteiger partial charge in [0.1, 0.15) is 12.1 Å². The Bertz CT molecular complexity index is 437. The quantitative estimate of drug-likeness (QED) is 0.661. The van der Waals surface area contributed by atoms with Gasteiger partial charge < -0.3 is 11.5 Å². The van der Waals surface area contributed by atoms with E-state index >= 15 is 0 Å². The Morgan fingerprint density at radius 1 is 0.857 bits per heavy atom. The molecule has 1 rings (SSSR count). The van der Waals surface area contributed by atoms with Gasteiger partial charge in [-0.15, -0.1) is 0 Å². The van der Waals surface area contributed by atoms with Crippen LogP contribution in [-0.2, 0) is 0 Å². The third-order valence-corrected chi connectivity index (χ3v) is 2.56. The molecule has 0 fully saturated rings. The third-order valence-electron chi connectivity index (χ3n) is 1.68. The van der Waals surface area contributed by atoms with Crippen molar-refractivity contribution in [2.24, 2.45) is 0 Å². The SMILES string of the molecule is N#Cc1c(N)c(Cl)c(Cl)c(N)c1C#N. The molecule has 0 saturated heterocycles. The van der Waals surface area contributed by atoms with Crippen LogP contribution < -0.4 is 11.5 Å². The first kappa shape index (κ1) is 10.5. The molecule has 0 radical (unpaired) electrons. The van der Waals surface area contributed by atoms with Gasteiger partial charge in [-0.25, -0.2) is 0 Å². The average Bonchev–Trinajstić information content (AvgIpc) is 2.20. The van der Waals surface area contributed by atoms with Gasteiger partial charge in [0.2, 0.25) is 0 Å². The molecule has 0 heterocycles. The van der Waals surface area contributed by atoms with Crippen molar-refractivity contribution in [2.45, 2.75) is 0 Å². The van der Waals surface area contributed by atoms with Gasteiger partial charge >= 0.3 is 0 Å². The molecule has 0 aliphatic carbocycles. The lowest BCUT2D eigenvalue weighted by molar-refractivity contribution is 1.43. The monoisotopic (exact) mass is 226 g/mol. The maximum Gasteiger partial charge on any atom is 0.103 e. The highest BCUT2D eigenvalue weighted by Crippen LogP contribution is 2.38. The minimum Gasteiger partial charge on any atom is -0.396 e. The van der Waals surface area contributed by atoms with Gasteiger partial charge in [0.15, 0.2) is 0 Å². The summed E-state index contributed by atoms with van der Waals surface area (Å²) in [6, 6.07) is 3.51. The zero-order chi connectivity index (χ0) is 10.9. The van der Waals surface area contributed by atoms with Crippen molar-refractivity contribution in [1.29, 1.82) is 10.5 Å². The van der Waals surface area contributed by atoms with Crippen LogP contribution >= 0.6 is 23.2 Å². The average molecular weight is 227 g/mol. The first-order valence-electron chi connectivity index (χ1n) is 3.40. The van der Waals surface area contributed by atoms with E-state index in [0.717, 1.165) is 0 Å². The second-order valence-electron chi connectivity index (χ2n) is 2.43. The maximum atomic E-state index is 8.73. The highest BCUT2D eigenvalue weighted by Gasteiger charge is 2.18. The van der Waals surface area contributed by atoms with Crippen LogP contribution in [0.15, 0.2) is 0 Å². The van der Waals surface area contributed by atoms with Gasteiger partial charge in [-0.2, -0.15) is 10.5 Å². The van der Waals surface area contributed by atoms with Crippen molar-refractivity contribution < 1.29 is 0 Å². The summed E-state index contributed by atoms with van der Waals surface area (Å²) < 4.78 is 0. The molecule has 4 N–H and O–H groups in total. The Balaban J connectivity index is 3.79. The highest BCUT2D eigenvalue weighted by molar-refractivity contribution is 6.45. The van der Waals surface area contributed by atoms with E-state index in [4.69, 9.17) is 45.2 Å². The number of hydrogen-bond acceptors (Lipinski definition) is 4. The van der Waals surface area contributed by atoms with Crippen molar-refractivity contribution in [3.05, 3.63) is 21.2 Å². The number of anilines is 2. The van der Waals surface area contributed by atoms with Gasteiger partial charge in [0.05, 0.1) is 32.5 Å². The van der Waals surface area contributed by atoms with Crippen LogP contribution in [0, 0.1) is 22.7 Å². The summed E-state index contributed by atoms with van der Waals surface area (Å²) in [5, 5.41) is 17.5. The van der Waals surface area contributed by atoms with Crippen LogP contribution in [0.1, 0.15) is 11.1 Å². The molecule has 4 nitrogen and oxygen atoms in total. The summed E-state index contributed by atoms with van der Waals surface area (Å²) in [6.45, 7) is 0. The lowest BCUT2D eigenvalue weighted by atomic mass is 10.1. The van der Waals surface area contributed by atoms with Gasteiger partial charge in [-0.3, -0.25) is 0 Å². The number of hydrogen-bond donors (Lipinski definition) is 2. The molecule has 0 amide bonds. The molecule has 0 spiro atoms. The molecular weight excluding hydrogens is 223 g/mol. The molecule has 0 aliphatic rings. The van der Waals surface area contributed by atoms with E-state index in [9.17, 15) is 0 Å². The minimum absolute atomic E-state index is 0.000262. The van der Waals surface area contributed by atoms with E-state index in [-0.39, 0.29) is 32.5 Å². The van der Waals surface area contributed by atoms with Gasteiger partial charge in [-0.1, -0.05) is 23.2 Å².